The van der Waals surface area contributed by atoms with Crippen molar-refractivity contribution in [2.75, 3.05) is 7.11 Å². The van der Waals surface area contributed by atoms with Crippen molar-refractivity contribution in [1.82, 2.24) is 0 Å². The summed E-state index contributed by atoms with van der Waals surface area (Å²) in [6, 6.07) is 5.04. The van der Waals surface area contributed by atoms with Gasteiger partial charge in [0.2, 0.25) is 0 Å². The van der Waals surface area contributed by atoms with Crippen molar-refractivity contribution >= 4 is 0 Å². The summed E-state index contributed by atoms with van der Waals surface area (Å²) in [5, 5.41) is 11.1. The zero-order valence-electron chi connectivity index (χ0n) is 11.9. The minimum Gasteiger partial charge on any atom is -0.494 e. The molecule has 2 nitrogen and oxygen atoms in total. The van der Waals surface area contributed by atoms with Gasteiger partial charge in [-0.1, -0.05) is 38.8 Å². The Hall–Kier alpha value is -1.09. The number of halogens is 1. The second kappa shape index (κ2) is 5.49. The van der Waals surface area contributed by atoms with Crippen LogP contribution in [0.5, 0.6) is 5.75 Å². The maximum absolute atomic E-state index is 14.5. The summed E-state index contributed by atoms with van der Waals surface area (Å²) >= 11 is 0. The average Bonchev–Trinajstić information content (AvgIpc) is 2.39. The van der Waals surface area contributed by atoms with Gasteiger partial charge in [0.15, 0.2) is 11.6 Å². The summed E-state index contributed by atoms with van der Waals surface area (Å²) in [6.45, 7) is 4.19. The Kier molecular flexibility index (Phi) is 4.14. The summed E-state index contributed by atoms with van der Waals surface area (Å²) < 4.78 is 19.5. The van der Waals surface area contributed by atoms with E-state index in [1.165, 1.54) is 7.11 Å². The number of ether oxygens (including phenoxy) is 1. The maximum atomic E-state index is 14.5. The first-order valence-corrected chi connectivity index (χ1v) is 7.06. The van der Waals surface area contributed by atoms with Gasteiger partial charge in [-0.3, -0.25) is 0 Å². The molecule has 0 aliphatic heterocycles. The zero-order valence-corrected chi connectivity index (χ0v) is 11.9. The molecule has 3 heteroatoms. The second-order valence-corrected chi connectivity index (χ2v) is 5.84. The van der Waals surface area contributed by atoms with Gasteiger partial charge < -0.3 is 9.84 Å². The Morgan fingerprint density at radius 3 is 2.74 bits per heavy atom. The smallest absolute Gasteiger partial charge is 0.171 e. The second-order valence-electron chi connectivity index (χ2n) is 5.84. The summed E-state index contributed by atoms with van der Waals surface area (Å²) in [5.74, 6) is 0.220. The van der Waals surface area contributed by atoms with Crippen LogP contribution in [-0.2, 0) is 5.60 Å². The molecular weight excluding hydrogens is 243 g/mol. The van der Waals surface area contributed by atoms with Crippen LogP contribution in [-0.4, -0.2) is 12.2 Å². The number of benzene rings is 1. The lowest BCUT2D eigenvalue weighted by molar-refractivity contribution is -0.0747. The Balaban J connectivity index is 2.47. The lowest BCUT2D eigenvalue weighted by atomic mass is 9.67. The van der Waals surface area contributed by atoms with Gasteiger partial charge in [-0.25, -0.2) is 4.39 Å². The predicted molar refractivity (Wildman–Crippen MR) is 73.6 cm³/mol. The van der Waals surface area contributed by atoms with Crippen molar-refractivity contribution in [3.05, 3.63) is 29.6 Å². The third-order valence-electron chi connectivity index (χ3n) is 4.39. The highest BCUT2D eigenvalue weighted by atomic mass is 19.1. The van der Waals surface area contributed by atoms with Gasteiger partial charge in [0, 0.05) is 5.56 Å². The molecule has 0 radical (unpaired) electrons. The van der Waals surface area contributed by atoms with Gasteiger partial charge in [0.1, 0.15) is 0 Å². The molecule has 0 aromatic heterocycles. The number of aliphatic hydroxyl groups is 1. The number of hydrogen-bond donors (Lipinski definition) is 1. The number of methoxy groups -OCH3 is 1. The van der Waals surface area contributed by atoms with E-state index in [4.69, 9.17) is 4.74 Å². The first kappa shape index (κ1) is 14.3. The molecule has 1 aliphatic rings. The van der Waals surface area contributed by atoms with Crippen LogP contribution in [0, 0.1) is 17.7 Å². The third kappa shape index (κ3) is 2.48. The predicted octanol–water partition coefficient (Wildman–Crippen LogP) is 3.87. The van der Waals surface area contributed by atoms with Crippen LogP contribution in [0.25, 0.3) is 0 Å². The molecule has 1 fully saturated rings. The lowest BCUT2D eigenvalue weighted by Crippen LogP contribution is -2.41. The van der Waals surface area contributed by atoms with Crippen molar-refractivity contribution in [2.45, 2.75) is 45.1 Å². The molecule has 2 rings (SSSR count). The van der Waals surface area contributed by atoms with Crippen molar-refractivity contribution in [1.29, 1.82) is 0 Å². The molecule has 0 amide bonds. The summed E-state index contributed by atoms with van der Waals surface area (Å²) in [4.78, 5) is 0. The highest BCUT2D eigenvalue weighted by Crippen LogP contribution is 2.46. The summed E-state index contributed by atoms with van der Waals surface area (Å²) in [6.07, 6.45) is 3.62. The molecule has 106 valence electrons. The summed E-state index contributed by atoms with van der Waals surface area (Å²) in [7, 11) is 1.45. The van der Waals surface area contributed by atoms with Crippen molar-refractivity contribution in [2.24, 2.45) is 11.8 Å². The average molecular weight is 266 g/mol. The van der Waals surface area contributed by atoms with E-state index >= 15 is 0 Å². The fourth-order valence-electron chi connectivity index (χ4n) is 3.40. The highest BCUT2D eigenvalue weighted by molar-refractivity contribution is 5.35. The lowest BCUT2D eigenvalue weighted by Gasteiger charge is -2.43. The van der Waals surface area contributed by atoms with Crippen LogP contribution in [0.3, 0.4) is 0 Å². The van der Waals surface area contributed by atoms with Crippen LogP contribution in [0.15, 0.2) is 18.2 Å². The topological polar surface area (TPSA) is 29.5 Å². The van der Waals surface area contributed by atoms with Gasteiger partial charge in [-0.2, -0.15) is 0 Å². The molecule has 0 heterocycles. The molecule has 0 saturated heterocycles. The van der Waals surface area contributed by atoms with Gasteiger partial charge >= 0.3 is 0 Å². The zero-order chi connectivity index (χ0) is 14.0. The van der Waals surface area contributed by atoms with Crippen LogP contribution in [0.1, 0.15) is 45.1 Å². The van der Waals surface area contributed by atoms with E-state index in [0.717, 1.165) is 19.3 Å². The van der Waals surface area contributed by atoms with Crippen molar-refractivity contribution < 1.29 is 14.2 Å². The minimum atomic E-state index is -1.06. The Labute approximate surface area is 114 Å². The minimum absolute atomic E-state index is 0.0999. The van der Waals surface area contributed by atoms with E-state index in [9.17, 15) is 9.50 Å². The van der Waals surface area contributed by atoms with Crippen LogP contribution in [0.4, 0.5) is 4.39 Å². The molecule has 1 saturated carbocycles. The van der Waals surface area contributed by atoms with E-state index in [-0.39, 0.29) is 11.7 Å². The fourth-order valence-corrected chi connectivity index (χ4v) is 3.40. The van der Waals surface area contributed by atoms with Gasteiger partial charge in [0.05, 0.1) is 12.7 Å². The molecule has 1 aliphatic carbocycles. The first-order valence-electron chi connectivity index (χ1n) is 7.06. The van der Waals surface area contributed by atoms with E-state index < -0.39 is 11.4 Å². The molecule has 1 N–H and O–H groups in total. The quantitative estimate of drug-likeness (QED) is 0.900. The Morgan fingerprint density at radius 1 is 1.37 bits per heavy atom. The monoisotopic (exact) mass is 266 g/mol. The van der Waals surface area contributed by atoms with Crippen LogP contribution < -0.4 is 4.74 Å². The van der Waals surface area contributed by atoms with E-state index in [2.05, 4.69) is 13.8 Å². The van der Waals surface area contributed by atoms with E-state index in [1.54, 1.807) is 18.2 Å². The first-order chi connectivity index (χ1) is 9.00. The van der Waals surface area contributed by atoms with E-state index in [0.29, 0.717) is 17.9 Å². The molecule has 1 aromatic rings. The molecule has 0 spiro atoms. The van der Waals surface area contributed by atoms with Gasteiger partial charge in [0.25, 0.3) is 0 Å². The van der Waals surface area contributed by atoms with Crippen LogP contribution in [0.2, 0.25) is 0 Å². The van der Waals surface area contributed by atoms with Crippen LogP contribution >= 0.6 is 0 Å². The molecule has 2 unspecified atom stereocenters. The molecule has 1 aromatic carbocycles. The highest BCUT2D eigenvalue weighted by Gasteiger charge is 2.43. The molecular formula is C16H23FO2. The molecule has 0 bridgehead atoms. The standard InChI is InChI=1S/C16H23FO2/c1-11(2)12-7-4-5-10-16(12,18)13-8-6-9-14(19-3)15(13)17/h6,8-9,11-12,18H,4-5,7,10H2,1-3H3. The third-order valence-corrected chi connectivity index (χ3v) is 4.39. The Bertz CT molecular complexity index is 444. The van der Waals surface area contributed by atoms with Crippen molar-refractivity contribution in [3.63, 3.8) is 0 Å². The largest absolute Gasteiger partial charge is 0.494 e. The summed E-state index contributed by atoms with van der Waals surface area (Å²) in [5.41, 5.74) is -0.671. The molecule has 19 heavy (non-hydrogen) atoms. The number of rotatable bonds is 3. The van der Waals surface area contributed by atoms with Crippen molar-refractivity contribution in [3.8, 4) is 5.75 Å². The fraction of sp³-hybridized carbons (Fsp3) is 0.625. The SMILES string of the molecule is COc1cccc(C2(O)CCCCC2C(C)C)c1F. The number of hydrogen-bond acceptors (Lipinski definition) is 2. The van der Waals surface area contributed by atoms with E-state index in [1.807, 2.05) is 0 Å². The van der Waals surface area contributed by atoms with Gasteiger partial charge in [-0.05, 0) is 30.7 Å². The normalized spacial score (nSPS) is 27.6. The Morgan fingerprint density at radius 2 is 2.11 bits per heavy atom. The van der Waals surface area contributed by atoms with Gasteiger partial charge in [-0.15, -0.1) is 0 Å². The molecule has 2 atom stereocenters. The maximum Gasteiger partial charge on any atom is 0.171 e.